The Balaban J connectivity index is 1.96. The van der Waals surface area contributed by atoms with Crippen molar-refractivity contribution in [3.63, 3.8) is 0 Å². The number of carbonyl (C=O) groups excluding carboxylic acids is 1. The molecule has 0 spiro atoms. The zero-order chi connectivity index (χ0) is 20.5. The van der Waals surface area contributed by atoms with Crippen molar-refractivity contribution in [2.75, 3.05) is 11.9 Å². The average Bonchev–Trinajstić information content (AvgIpc) is 2.99. The summed E-state index contributed by atoms with van der Waals surface area (Å²) >= 11 is 0. The molecule has 0 bridgehead atoms. The van der Waals surface area contributed by atoms with Crippen LogP contribution in [0.15, 0.2) is 18.3 Å². The maximum absolute atomic E-state index is 12.5. The van der Waals surface area contributed by atoms with Crippen LogP contribution in [0.2, 0.25) is 0 Å². The summed E-state index contributed by atoms with van der Waals surface area (Å²) in [5.74, 6) is 1.29. The molecule has 2 aromatic rings. The first-order chi connectivity index (χ1) is 13.2. The number of nitrogens with zero attached hydrogens (tertiary/aromatic N) is 3. The van der Waals surface area contributed by atoms with Crippen LogP contribution in [0.3, 0.4) is 0 Å². The molecule has 1 aliphatic carbocycles. The van der Waals surface area contributed by atoms with E-state index in [0.29, 0.717) is 12.3 Å². The number of anilines is 1. The van der Waals surface area contributed by atoms with Gasteiger partial charge in [0, 0.05) is 42.5 Å². The van der Waals surface area contributed by atoms with Gasteiger partial charge in [0.05, 0.1) is 5.69 Å². The number of pyridine rings is 1. The summed E-state index contributed by atoms with van der Waals surface area (Å²) in [5.41, 5.74) is 4.45. The first-order valence-electron chi connectivity index (χ1n) is 10.9. The number of hydrogen-bond donors (Lipinski definition) is 0. The van der Waals surface area contributed by atoms with E-state index in [0.717, 1.165) is 23.7 Å². The van der Waals surface area contributed by atoms with E-state index in [1.54, 1.807) is 4.90 Å². The molecule has 2 aromatic heterocycles. The van der Waals surface area contributed by atoms with E-state index in [1.807, 2.05) is 7.05 Å². The van der Waals surface area contributed by atoms with E-state index >= 15 is 0 Å². The highest BCUT2D eigenvalue weighted by Crippen LogP contribution is 2.33. The minimum absolute atomic E-state index is 0.00947. The molecular formula is C24H37N3O. The van der Waals surface area contributed by atoms with Crippen molar-refractivity contribution >= 4 is 17.2 Å². The Morgan fingerprint density at radius 1 is 1.25 bits per heavy atom. The third-order valence-corrected chi connectivity index (χ3v) is 5.97. The van der Waals surface area contributed by atoms with Crippen molar-refractivity contribution in [3.8, 4) is 0 Å². The van der Waals surface area contributed by atoms with Crippen molar-refractivity contribution in [3.05, 3.63) is 29.7 Å². The van der Waals surface area contributed by atoms with Gasteiger partial charge in [-0.2, -0.15) is 0 Å². The topological polar surface area (TPSA) is 37.6 Å². The van der Waals surface area contributed by atoms with Crippen molar-refractivity contribution in [2.45, 2.75) is 85.0 Å². The van der Waals surface area contributed by atoms with Crippen LogP contribution in [0.4, 0.5) is 5.69 Å². The highest BCUT2D eigenvalue weighted by atomic mass is 16.2. The molecule has 0 N–H and O–H groups in total. The molecule has 2 heterocycles. The van der Waals surface area contributed by atoms with Crippen molar-refractivity contribution in [1.29, 1.82) is 0 Å². The Morgan fingerprint density at radius 3 is 2.54 bits per heavy atom. The predicted octanol–water partition coefficient (Wildman–Crippen LogP) is 5.76. The third kappa shape index (κ3) is 4.59. The van der Waals surface area contributed by atoms with Gasteiger partial charge < -0.3 is 9.30 Å². The molecule has 3 rings (SSSR count). The first kappa shape index (κ1) is 20.9. The molecular weight excluding hydrogens is 346 g/mol. The second-order valence-electron chi connectivity index (χ2n) is 10.0. The molecule has 0 aliphatic heterocycles. The molecule has 1 amide bonds. The lowest BCUT2D eigenvalue weighted by molar-refractivity contribution is -0.119. The van der Waals surface area contributed by atoms with E-state index in [1.165, 1.54) is 43.5 Å². The molecule has 154 valence electrons. The van der Waals surface area contributed by atoms with E-state index in [4.69, 9.17) is 4.98 Å². The van der Waals surface area contributed by atoms with Crippen molar-refractivity contribution in [2.24, 2.45) is 11.8 Å². The van der Waals surface area contributed by atoms with Crippen LogP contribution in [0.5, 0.6) is 0 Å². The smallest absolute Gasteiger partial charge is 0.226 e. The molecule has 0 radical (unpaired) electrons. The number of carbonyl (C=O) groups is 1. The summed E-state index contributed by atoms with van der Waals surface area (Å²) in [7, 11) is 1.87. The number of imidazole rings is 1. The number of rotatable bonds is 5. The highest BCUT2D eigenvalue weighted by Gasteiger charge is 2.26. The van der Waals surface area contributed by atoms with Crippen LogP contribution in [0.1, 0.15) is 84.5 Å². The van der Waals surface area contributed by atoms with Gasteiger partial charge in [-0.3, -0.25) is 4.79 Å². The molecule has 1 fully saturated rings. The minimum Gasteiger partial charge on any atom is -0.315 e. The van der Waals surface area contributed by atoms with Crippen LogP contribution in [-0.4, -0.2) is 22.3 Å². The summed E-state index contributed by atoms with van der Waals surface area (Å²) < 4.78 is 2.26. The van der Waals surface area contributed by atoms with Gasteiger partial charge in [0.2, 0.25) is 5.91 Å². The summed E-state index contributed by atoms with van der Waals surface area (Å²) in [6.45, 7) is 10.9. The molecule has 1 aliphatic rings. The second kappa shape index (κ2) is 8.26. The maximum Gasteiger partial charge on any atom is 0.226 e. The van der Waals surface area contributed by atoms with Crippen molar-refractivity contribution < 1.29 is 4.79 Å². The van der Waals surface area contributed by atoms with Crippen LogP contribution in [-0.2, 0) is 16.6 Å². The Morgan fingerprint density at radius 2 is 1.93 bits per heavy atom. The lowest BCUT2D eigenvalue weighted by Gasteiger charge is -2.24. The van der Waals surface area contributed by atoms with Gasteiger partial charge in [0.25, 0.3) is 0 Å². The van der Waals surface area contributed by atoms with Crippen molar-refractivity contribution in [1.82, 2.24) is 9.38 Å². The fourth-order valence-corrected chi connectivity index (χ4v) is 4.38. The van der Waals surface area contributed by atoms with Gasteiger partial charge in [0.1, 0.15) is 5.65 Å². The molecule has 4 nitrogen and oxygen atoms in total. The SMILES string of the molecule is CC(C)CC(=O)N(C)c1ccn2c(CC3CCCCC3)c(C(C)(C)C)nc2c1. The number of hydrogen-bond acceptors (Lipinski definition) is 2. The van der Waals surface area contributed by atoms with E-state index in [2.05, 4.69) is 57.3 Å². The van der Waals surface area contributed by atoms with Gasteiger partial charge >= 0.3 is 0 Å². The average molecular weight is 384 g/mol. The first-order valence-corrected chi connectivity index (χ1v) is 10.9. The van der Waals surface area contributed by atoms with E-state index in [-0.39, 0.29) is 11.3 Å². The predicted molar refractivity (Wildman–Crippen MR) is 117 cm³/mol. The van der Waals surface area contributed by atoms with Gasteiger partial charge in [-0.15, -0.1) is 0 Å². The van der Waals surface area contributed by atoms with Crippen LogP contribution < -0.4 is 4.90 Å². The lowest BCUT2D eigenvalue weighted by atomic mass is 9.83. The molecule has 0 aromatic carbocycles. The largest absolute Gasteiger partial charge is 0.315 e. The molecule has 0 unspecified atom stereocenters. The summed E-state index contributed by atoms with van der Waals surface area (Å²) in [4.78, 5) is 19.3. The van der Waals surface area contributed by atoms with Crippen LogP contribution in [0, 0.1) is 11.8 Å². The zero-order valence-electron chi connectivity index (χ0n) is 18.6. The standard InChI is InChI=1S/C24H37N3O/c1-17(2)14-22(28)26(6)19-12-13-27-20(15-18-10-8-7-9-11-18)23(24(3,4)5)25-21(27)16-19/h12-13,16-18H,7-11,14-15H2,1-6H3. The third-order valence-electron chi connectivity index (χ3n) is 5.97. The Bertz CT molecular complexity index is 822. The van der Waals surface area contributed by atoms with Gasteiger partial charge in [0.15, 0.2) is 0 Å². The molecule has 0 saturated heterocycles. The van der Waals surface area contributed by atoms with Crippen LogP contribution in [0.25, 0.3) is 5.65 Å². The maximum atomic E-state index is 12.5. The summed E-state index contributed by atoms with van der Waals surface area (Å²) in [5, 5.41) is 0. The quantitative estimate of drug-likeness (QED) is 0.658. The molecule has 4 heteroatoms. The Hall–Kier alpha value is -1.84. The number of fused-ring (bicyclic) bond motifs is 1. The molecule has 28 heavy (non-hydrogen) atoms. The van der Waals surface area contributed by atoms with Gasteiger partial charge in [-0.05, 0) is 24.3 Å². The Labute approximate surface area is 170 Å². The Kier molecular flexibility index (Phi) is 6.16. The van der Waals surface area contributed by atoms with Crippen LogP contribution >= 0.6 is 0 Å². The highest BCUT2D eigenvalue weighted by molar-refractivity contribution is 5.93. The van der Waals surface area contributed by atoms with Gasteiger partial charge in [-0.25, -0.2) is 4.98 Å². The number of amides is 1. The molecule has 0 atom stereocenters. The summed E-state index contributed by atoms with van der Waals surface area (Å²) in [6.07, 6.45) is 10.6. The summed E-state index contributed by atoms with van der Waals surface area (Å²) in [6, 6.07) is 4.13. The number of aromatic nitrogens is 2. The van der Waals surface area contributed by atoms with Gasteiger partial charge in [-0.1, -0.05) is 66.7 Å². The van der Waals surface area contributed by atoms with E-state index < -0.39 is 0 Å². The fraction of sp³-hybridized carbons (Fsp3) is 0.667. The second-order valence-corrected chi connectivity index (χ2v) is 10.0. The van der Waals surface area contributed by atoms with E-state index in [9.17, 15) is 4.79 Å². The fourth-order valence-electron chi connectivity index (χ4n) is 4.38. The lowest BCUT2D eigenvalue weighted by Crippen LogP contribution is -2.27. The monoisotopic (exact) mass is 383 g/mol. The zero-order valence-corrected chi connectivity index (χ0v) is 18.6. The normalized spacial score (nSPS) is 16.1. The molecule has 1 saturated carbocycles. The minimum atomic E-state index is 0.00947.